The van der Waals surface area contributed by atoms with Gasteiger partial charge in [0, 0.05) is 12.6 Å². The topological polar surface area (TPSA) is 89.9 Å². The maximum absolute atomic E-state index is 12.3. The second kappa shape index (κ2) is 10.3. The zero-order chi connectivity index (χ0) is 16.4. The quantitative estimate of drug-likeness (QED) is 0.571. The van der Waals surface area contributed by atoms with Crippen molar-refractivity contribution in [2.24, 2.45) is 5.92 Å². The third kappa shape index (κ3) is 9.17. The van der Waals surface area contributed by atoms with Gasteiger partial charge in [-0.05, 0) is 19.8 Å². The predicted molar refractivity (Wildman–Crippen MR) is 73.3 cm³/mol. The van der Waals surface area contributed by atoms with Gasteiger partial charge < -0.3 is 20.4 Å². The number of hydrogen-bond donors (Lipinski definition) is 3. The zero-order valence-corrected chi connectivity index (χ0v) is 12.4. The Morgan fingerprint density at radius 1 is 1.24 bits per heavy atom. The first-order valence-corrected chi connectivity index (χ1v) is 6.95. The van der Waals surface area contributed by atoms with Crippen molar-refractivity contribution in [3.63, 3.8) is 0 Å². The summed E-state index contributed by atoms with van der Waals surface area (Å²) in [6.07, 6.45) is -0.990. The number of nitrogens with one attached hydrogen (secondary N) is 1. The van der Waals surface area contributed by atoms with Gasteiger partial charge in [-0.15, -0.1) is 0 Å². The van der Waals surface area contributed by atoms with E-state index in [1.54, 1.807) is 13.8 Å². The molecule has 0 rings (SSSR count). The van der Waals surface area contributed by atoms with Crippen molar-refractivity contribution in [2.45, 2.75) is 45.6 Å². The van der Waals surface area contributed by atoms with Gasteiger partial charge in [0.25, 0.3) is 6.43 Å². The fraction of sp³-hybridized carbons (Fsp3) is 0.846. The molecule has 0 aromatic carbocycles. The number of rotatable bonds is 10. The van der Waals surface area contributed by atoms with E-state index in [0.29, 0.717) is 19.3 Å². The van der Waals surface area contributed by atoms with E-state index in [0.717, 1.165) is 4.90 Å². The second-order valence-electron chi connectivity index (χ2n) is 5.08. The molecular weight excluding hydrogens is 286 g/mol. The van der Waals surface area contributed by atoms with E-state index >= 15 is 0 Å². The van der Waals surface area contributed by atoms with Crippen LogP contribution in [-0.4, -0.2) is 59.3 Å². The largest absolute Gasteiger partial charge is 0.481 e. The van der Waals surface area contributed by atoms with Gasteiger partial charge in [0.2, 0.25) is 0 Å². The molecule has 21 heavy (non-hydrogen) atoms. The van der Waals surface area contributed by atoms with Crippen LogP contribution in [0.25, 0.3) is 0 Å². The molecule has 0 radical (unpaired) electrons. The molecule has 0 fully saturated rings. The Balaban J connectivity index is 4.13. The van der Waals surface area contributed by atoms with E-state index in [2.05, 4.69) is 5.32 Å². The average molecular weight is 310 g/mol. The number of aliphatic hydroxyl groups excluding tert-OH is 1. The van der Waals surface area contributed by atoms with Crippen LogP contribution >= 0.6 is 0 Å². The molecule has 2 amide bonds. The number of alkyl halides is 2. The third-order valence-corrected chi connectivity index (χ3v) is 3.08. The molecule has 3 N–H and O–H groups in total. The average Bonchev–Trinajstić information content (AvgIpc) is 2.37. The standard InChI is InChI=1S/C13H24F2N2O4/c1-9(12(19)20)4-3-5-10(2)16-13(21)17(6-7-18)8-11(14)15/h9-11,18H,3-8H2,1-2H3,(H,16,21)(H,19,20). The number of carboxylic acids is 1. The molecule has 0 aliphatic rings. The Morgan fingerprint density at radius 2 is 1.86 bits per heavy atom. The number of hydrogen-bond acceptors (Lipinski definition) is 3. The Morgan fingerprint density at radius 3 is 2.33 bits per heavy atom. The number of amides is 2. The number of aliphatic carboxylic acids is 1. The summed E-state index contributed by atoms with van der Waals surface area (Å²) in [6, 6.07) is -0.902. The molecule has 0 bridgehead atoms. The molecule has 124 valence electrons. The minimum atomic E-state index is -2.66. The van der Waals surface area contributed by atoms with E-state index in [4.69, 9.17) is 10.2 Å². The summed E-state index contributed by atoms with van der Waals surface area (Å²) in [6.45, 7) is 2.07. The SMILES string of the molecule is CC(CCCC(C)C(=O)O)NC(=O)N(CCO)CC(F)F. The van der Waals surface area contributed by atoms with Crippen molar-refractivity contribution in [3.05, 3.63) is 0 Å². The van der Waals surface area contributed by atoms with Crippen molar-refractivity contribution in [2.75, 3.05) is 19.7 Å². The van der Waals surface area contributed by atoms with Crippen LogP contribution < -0.4 is 5.32 Å². The van der Waals surface area contributed by atoms with Crippen molar-refractivity contribution in [1.82, 2.24) is 10.2 Å². The summed E-state index contributed by atoms with van der Waals surface area (Å²) in [4.78, 5) is 23.3. The highest BCUT2D eigenvalue weighted by Crippen LogP contribution is 2.10. The molecule has 2 atom stereocenters. The Kier molecular flexibility index (Phi) is 9.60. The maximum atomic E-state index is 12.3. The van der Waals surface area contributed by atoms with Crippen LogP contribution in [0.3, 0.4) is 0 Å². The summed E-state index contributed by atoms with van der Waals surface area (Å²) >= 11 is 0. The second-order valence-corrected chi connectivity index (χ2v) is 5.08. The van der Waals surface area contributed by atoms with Gasteiger partial charge >= 0.3 is 12.0 Å². The summed E-state index contributed by atoms with van der Waals surface area (Å²) in [7, 11) is 0. The summed E-state index contributed by atoms with van der Waals surface area (Å²) < 4.78 is 24.6. The van der Waals surface area contributed by atoms with Gasteiger partial charge in [0.1, 0.15) is 0 Å². The van der Waals surface area contributed by atoms with Crippen molar-refractivity contribution >= 4 is 12.0 Å². The molecule has 0 spiro atoms. The van der Waals surface area contributed by atoms with Crippen LogP contribution in [0.5, 0.6) is 0 Å². The smallest absolute Gasteiger partial charge is 0.317 e. The summed E-state index contributed by atoms with van der Waals surface area (Å²) in [5.41, 5.74) is 0. The van der Waals surface area contributed by atoms with Crippen LogP contribution in [-0.2, 0) is 4.79 Å². The fourth-order valence-corrected chi connectivity index (χ4v) is 1.79. The third-order valence-electron chi connectivity index (χ3n) is 3.08. The lowest BCUT2D eigenvalue weighted by Crippen LogP contribution is -2.46. The number of halogens is 2. The molecule has 0 saturated carbocycles. The van der Waals surface area contributed by atoms with Crippen molar-refractivity contribution < 1.29 is 28.6 Å². The van der Waals surface area contributed by atoms with E-state index in [1.807, 2.05) is 0 Å². The number of urea groups is 1. The highest BCUT2D eigenvalue weighted by Gasteiger charge is 2.19. The Bertz CT molecular complexity index is 329. The van der Waals surface area contributed by atoms with Crippen molar-refractivity contribution in [1.29, 1.82) is 0 Å². The number of carbonyl (C=O) groups is 2. The summed E-state index contributed by atoms with van der Waals surface area (Å²) in [5, 5.41) is 20.1. The lowest BCUT2D eigenvalue weighted by molar-refractivity contribution is -0.141. The van der Waals surface area contributed by atoms with Crippen LogP contribution in [0.1, 0.15) is 33.1 Å². The van der Waals surface area contributed by atoms with Gasteiger partial charge in [-0.25, -0.2) is 13.6 Å². The molecule has 8 heteroatoms. The molecule has 0 aromatic rings. The lowest BCUT2D eigenvalue weighted by Gasteiger charge is -2.24. The Hall–Kier alpha value is -1.44. The van der Waals surface area contributed by atoms with Gasteiger partial charge in [0.15, 0.2) is 0 Å². The minimum Gasteiger partial charge on any atom is -0.481 e. The minimum absolute atomic E-state index is 0.154. The van der Waals surface area contributed by atoms with E-state index in [1.165, 1.54) is 0 Å². The maximum Gasteiger partial charge on any atom is 0.317 e. The number of carbonyl (C=O) groups excluding carboxylic acids is 1. The summed E-state index contributed by atoms with van der Waals surface area (Å²) in [5.74, 6) is -1.31. The van der Waals surface area contributed by atoms with Crippen LogP contribution in [0.4, 0.5) is 13.6 Å². The Labute approximate surface area is 123 Å². The first-order chi connectivity index (χ1) is 9.77. The monoisotopic (exact) mass is 310 g/mol. The van der Waals surface area contributed by atoms with Gasteiger partial charge in [0.05, 0.1) is 19.1 Å². The lowest BCUT2D eigenvalue weighted by atomic mass is 10.0. The molecule has 0 aliphatic heterocycles. The van der Waals surface area contributed by atoms with Crippen molar-refractivity contribution in [3.8, 4) is 0 Å². The van der Waals surface area contributed by atoms with Gasteiger partial charge in [-0.1, -0.05) is 13.3 Å². The van der Waals surface area contributed by atoms with Gasteiger partial charge in [-0.2, -0.15) is 0 Å². The molecule has 0 saturated heterocycles. The van der Waals surface area contributed by atoms with Crippen LogP contribution in [0.15, 0.2) is 0 Å². The van der Waals surface area contributed by atoms with E-state index in [9.17, 15) is 18.4 Å². The highest BCUT2D eigenvalue weighted by molar-refractivity contribution is 5.74. The molecule has 2 unspecified atom stereocenters. The van der Waals surface area contributed by atoms with E-state index < -0.39 is 30.9 Å². The van der Waals surface area contributed by atoms with E-state index in [-0.39, 0.29) is 19.2 Å². The van der Waals surface area contributed by atoms with Crippen LogP contribution in [0.2, 0.25) is 0 Å². The molecule has 6 nitrogen and oxygen atoms in total. The first kappa shape index (κ1) is 19.6. The zero-order valence-electron chi connectivity index (χ0n) is 12.4. The molecular formula is C13H24F2N2O4. The number of carboxylic acid groups (broad SMARTS) is 1. The first-order valence-electron chi connectivity index (χ1n) is 6.95. The molecule has 0 aliphatic carbocycles. The molecule has 0 aromatic heterocycles. The fourth-order valence-electron chi connectivity index (χ4n) is 1.79. The van der Waals surface area contributed by atoms with Gasteiger partial charge in [-0.3, -0.25) is 4.79 Å². The predicted octanol–water partition coefficient (Wildman–Crippen LogP) is 1.53. The highest BCUT2D eigenvalue weighted by atomic mass is 19.3. The van der Waals surface area contributed by atoms with Crippen LogP contribution in [0, 0.1) is 5.92 Å². The number of aliphatic hydroxyl groups is 1. The normalized spacial score (nSPS) is 13.8. The molecule has 0 heterocycles. The number of nitrogens with zero attached hydrogens (tertiary/aromatic N) is 1.